The summed E-state index contributed by atoms with van der Waals surface area (Å²) in [5.74, 6) is 0. The summed E-state index contributed by atoms with van der Waals surface area (Å²) < 4.78 is 3.93. The molecule has 0 aliphatic rings. The van der Waals surface area contributed by atoms with Crippen molar-refractivity contribution in [1.29, 1.82) is 0 Å². The van der Waals surface area contributed by atoms with E-state index in [1.54, 1.807) is 0 Å². The van der Waals surface area contributed by atoms with E-state index in [4.69, 9.17) is 0 Å². The Morgan fingerprint density at radius 3 is 1.00 bits per heavy atom. The van der Waals surface area contributed by atoms with Crippen LogP contribution in [0.25, 0.3) is 0 Å². The Labute approximate surface area is 71.3 Å². The van der Waals surface area contributed by atoms with E-state index in [1.165, 1.54) is 10.6 Å². The molecule has 1 heteroatoms. The van der Waals surface area contributed by atoms with Crippen molar-refractivity contribution < 1.29 is 0 Å². The zero-order valence-electron chi connectivity index (χ0n) is 7.07. The topological polar surface area (TPSA) is 0 Å². The second kappa shape index (κ2) is 4.03. The molecular formula is C9H15Sb+2. The van der Waals surface area contributed by atoms with Gasteiger partial charge in [0.2, 0.25) is 0 Å². The van der Waals surface area contributed by atoms with E-state index in [9.17, 15) is 0 Å². The molecule has 0 amide bonds. The quantitative estimate of drug-likeness (QED) is 0.670. The van der Waals surface area contributed by atoms with Crippen LogP contribution in [0.1, 0.15) is 20.8 Å². The van der Waals surface area contributed by atoms with Crippen LogP contribution in [-0.2, 0) is 0 Å². The van der Waals surface area contributed by atoms with Crippen LogP contribution >= 0.6 is 0 Å². The van der Waals surface area contributed by atoms with E-state index in [1.807, 2.05) is 0 Å². The molecule has 0 saturated heterocycles. The first-order valence-corrected chi connectivity index (χ1v) is 7.06. The Morgan fingerprint density at radius 1 is 0.800 bits per heavy atom. The molecule has 0 radical (unpaired) electrons. The van der Waals surface area contributed by atoms with Gasteiger partial charge in [-0.15, -0.1) is 0 Å². The van der Waals surface area contributed by atoms with Crippen LogP contribution in [0.2, 0.25) is 0 Å². The third-order valence-electron chi connectivity index (χ3n) is 1.15. The van der Waals surface area contributed by atoms with Gasteiger partial charge in [0.15, 0.2) is 0 Å². The summed E-state index contributed by atoms with van der Waals surface area (Å²) in [5, 5.41) is 0. The third kappa shape index (κ3) is 2.75. The number of hydrogen-bond acceptors (Lipinski definition) is 0. The van der Waals surface area contributed by atoms with E-state index >= 15 is 0 Å². The predicted molar refractivity (Wildman–Crippen MR) is 50.2 cm³/mol. The monoisotopic (exact) mass is 244 g/mol. The van der Waals surface area contributed by atoms with Gasteiger partial charge in [-0.2, -0.15) is 0 Å². The average Bonchev–Trinajstić information content (AvgIpc) is 1.59. The molecule has 10 heavy (non-hydrogen) atoms. The standard InChI is InChI=1S/3C3H5.Sb/c3*1-3-2;/h3*1H2,2H3;/q;;;+2. The first kappa shape index (κ1) is 10.0. The molecule has 0 atom stereocenters. The van der Waals surface area contributed by atoms with Gasteiger partial charge >= 0.3 is 71.3 Å². The van der Waals surface area contributed by atoms with Crippen LogP contribution in [0.15, 0.2) is 30.3 Å². The molecule has 0 rings (SSSR count). The molecule has 0 spiro atoms. The van der Waals surface area contributed by atoms with Gasteiger partial charge in [-0.3, -0.25) is 0 Å². The van der Waals surface area contributed by atoms with Crippen LogP contribution in [0.4, 0.5) is 0 Å². The molecule has 0 fully saturated rings. The Hall–Kier alpha value is 0.0382. The van der Waals surface area contributed by atoms with Crippen LogP contribution in [0, 0.1) is 0 Å². The van der Waals surface area contributed by atoms with Gasteiger partial charge in [0.05, 0.1) is 0 Å². The summed E-state index contributed by atoms with van der Waals surface area (Å²) in [4.78, 5) is 0. The zero-order chi connectivity index (χ0) is 8.31. The van der Waals surface area contributed by atoms with Crippen LogP contribution in [-0.4, -0.2) is 20.2 Å². The Balaban J connectivity index is 4.43. The second-order valence-corrected chi connectivity index (χ2v) is 11.0. The van der Waals surface area contributed by atoms with Crippen LogP contribution < -0.4 is 0 Å². The molecular weight excluding hydrogens is 230 g/mol. The molecule has 0 aromatic carbocycles. The summed E-state index contributed by atoms with van der Waals surface area (Å²) in [6.07, 6.45) is 0. The van der Waals surface area contributed by atoms with Gasteiger partial charge in [0, 0.05) is 0 Å². The zero-order valence-corrected chi connectivity index (χ0v) is 9.62. The molecule has 0 unspecified atom stereocenters. The molecule has 0 nitrogen and oxygen atoms in total. The van der Waals surface area contributed by atoms with Crippen molar-refractivity contribution in [2.24, 2.45) is 0 Å². The number of allylic oxidation sites excluding steroid dienone is 3. The normalized spacial score (nSPS) is 8.70. The molecule has 0 aromatic heterocycles. The van der Waals surface area contributed by atoms with E-state index < -0.39 is 20.2 Å². The van der Waals surface area contributed by atoms with Gasteiger partial charge in [0.1, 0.15) is 0 Å². The van der Waals surface area contributed by atoms with Gasteiger partial charge < -0.3 is 0 Å². The fourth-order valence-corrected chi connectivity index (χ4v) is 6.56. The fraction of sp³-hybridized carbons (Fsp3) is 0.333. The average molecular weight is 245 g/mol. The maximum absolute atomic E-state index is 3.96. The summed E-state index contributed by atoms with van der Waals surface area (Å²) in [6, 6.07) is 0. The van der Waals surface area contributed by atoms with E-state index in [2.05, 4.69) is 40.5 Å². The molecule has 0 N–H and O–H groups in total. The summed E-state index contributed by atoms with van der Waals surface area (Å²) >= 11 is -1.47. The van der Waals surface area contributed by atoms with E-state index in [0.717, 1.165) is 0 Å². The SMILES string of the molecule is C=[C](C)[Sb+2]([C](=C)C)[C](=C)C. The minimum atomic E-state index is -1.47. The van der Waals surface area contributed by atoms with Gasteiger partial charge in [-0.25, -0.2) is 0 Å². The Bertz CT molecular complexity index is 144. The molecule has 0 aromatic rings. The van der Waals surface area contributed by atoms with Crippen LogP contribution in [0.3, 0.4) is 0 Å². The summed E-state index contributed by atoms with van der Waals surface area (Å²) in [6.45, 7) is 18.1. The molecule has 0 aliphatic heterocycles. The molecule has 0 aliphatic carbocycles. The fourth-order valence-electron chi connectivity index (χ4n) is 0.977. The maximum atomic E-state index is 3.96. The van der Waals surface area contributed by atoms with Gasteiger partial charge in [0.25, 0.3) is 0 Å². The third-order valence-corrected chi connectivity index (χ3v) is 7.68. The number of rotatable bonds is 3. The van der Waals surface area contributed by atoms with Crippen molar-refractivity contribution in [1.82, 2.24) is 0 Å². The molecule has 0 bridgehead atoms. The van der Waals surface area contributed by atoms with Crippen molar-refractivity contribution in [3.8, 4) is 0 Å². The first-order valence-electron chi connectivity index (χ1n) is 3.23. The van der Waals surface area contributed by atoms with Crippen molar-refractivity contribution in [3.63, 3.8) is 0 Å². The second-order valence-electron chi connectivity index (χ2n) is 2.54. The summed E-state index contributed by atoms with van der Waals surface area (Å²) in [5.41, 5.74) is 0. The van der Waals surface area contributed by atoms with E-state index in [-0.39, 0.29) is 0 Å². The number of hydrogen-bond donors (Lipinski definition) is 0. The van der Waals surface area contributed by atoms with Crippen LogP contribution in [0.5, 0.6) is 0 Å². The predicted octanol–water partition coefficient (Wildman–Crippen LogP) is 2.83. The Morgan fingerprint density at radius 2 is 1.00 bits per heavy atom. The van der Waals surface area contributed by atoms with Gasteiger partial charge in [-0.05, 0) is 0 Å². The van der Waals surface area contributed by atoms with E-state index in [0.29, 0.717) is 0 Å². The Kier molecular flexibility index (Phi) is 4.05. The molecule has 54 valence electrons. The van der Waals surface area contributed by atoms with Gasteiger partial charge in [-0.1, -0.05) is 0 Å². The van der Waals surface area contributed by atoms with Crippen molar-refractivity contribution >= 4 is 20.2 Å². The molecule has 0 heterocycles. The summed E-state index contributed by atoms with van der Waals surface area (Å²) in [7, 11) is 0. The molecule has 0 saturated carbocycles. The minimum absolute atomic E-state index is 1.31. The van der Waals surface area contributed by atoms with Crippen molar-refractivity contribution in [3.05, 3.63) is 30.3 Å². The van der Waals surface area contributed by atoms with Crippen molar-refractivity contribution in [2.45, 2.75) is 20.8 Å². The van der Waals surface area contributed by atoms with Crippen molar-refractivity contribution in [2.75, 3.05) is 0 Å². The first-order chi connectivity index (χ1) is 4.46.